The second kappa shape index (κ2) is 6.32. The Morgan fingerprint density at radius 1 is 1.05 bits per heavy atom. The molecule has 1 aliphatic carbocycles. The van der Waals surface area contributed by atoms with E-state index in [2.05, 4.69) is 52.3 Å². The zero-order valence-electron chi connectivity index (χ0n) is 11.7. The third kappa shape index (κ3) is 2.76. The molecule has 0 N–H and O–H groups in total. The maximum absolute atomic E-state index is 6.27. The van der Waals surface area contributed by atoms with Crippen molar-refractivity contribution in [2.75, 3.05) is 5.33 Å². The molecule has 3 heteroatoms. The number of rotatable bonds is 4. The second-order valence-corrected chi connectivity index (χ2v) is 7.27. The Hall–Kier alpha value is -0.500. The highest BCUT2D eigenvalue weighted by atomic mass is 79.9. The molecule has 21 heavy (non-hydrogen) atoms. The summed E-state index contributed by atoms with van der Waals surface area (Å²) in [5.41, 5.74) is 4.31. The van der Waals surface area contributed by atoms with Gasteiger partial charge in [0, 0.05) is 10.7 Å². The lowest BCUT2D eigenvalue weighted by molar-refractivity contribution is 0.465. The second-order valence-electron chi connectivity index (χ2n) is 5.66. The highest BCUT2D eigenvalue weighted by molar-refractivity contribution is 9.09. The highest BCUT2D eigenvalue weighted by Crippen LogP contribution is 2.48. The normalized spacial score (nSPS) is 20.5. The van der Waals surface area contributed by atoms with Crippen molar-refractivity contribution in [3.05, 3.63) is 69.2 Å². The maximum Gasteiger partial charge on any atom is 0.0595 e. The minimum absolute atomic E-state index is 0.0819. The van der Waals surface area contributed by atoms with Gasteiger partial charge in [-0.3, -0.25) is 0 Å². The molecule has 0 aromatic heterocycles. The van der Waals surface area contributed by atoms with E-state index in [0.29, 0.717) is 10.0 Å². The van der Waals surface area contributed by atoms with Crippen molar-refractivity contribution in [3.8, 4) is 0 Å². The van der Waals surface area contributed by atoms with Gasteiger partial charge in [0.15, 0.2) is 0 Å². The summed E-state index contributed by atoms with van der Waals surface area (Å²) in [6, 6.07) is 14.9. The Kier molecular flexibility index (Phi) is 4.63. The molecule has 0 aliphatic heterocycles. The fourth-order valence-corrected chi connectivity index (χ4v) is 4.13. The summed E-state index contributed by atoms with van der Waals surface area (Å²) >= 11 is 15.9. The van der Waals surface area contributed by atoms with E-state index < -0.39 is 0 Å². The predicted octanol–water partition coefficient (Wildman–Crippen LogP) is 6.40. The molecule has 1 unspecified atom stereocenters. The summed E-state index contributed by atoms with van der Waals surface area (Å²) in [6.07, 6.45) is 4.57. The van der Waals surface area contributed by atoms with E-state index >= 15 is 0 Å². The van der Waals surface area contributed by atoms with Gasteiger partial charge in [0.05, 0.1) is 10.0 Å². The van der Waals surface area contributed by atoms with E-state index in [1.165, 1.54) is 16.7 Å². The molecule has 0 fully saturated rings. The Morgan fingerprint density at radius 2 is 1.86 bits per heavy atom. The molecule has 0 saturated carbocycles. The minimum atomic E-state index is 0.0819. The maximum atomic E-state index is 6.27. The fourth-order valence-electron chi connectivity index (χ4n) is 3.55. The lowest BCUT2D eigenvalue weighted by atomic mass is 9.72. The Balaban J connectivity index is 2.12. The number of aryl methyl sites for hydroxylation is 1. The van der Waals surface area contributed by atoms with E-state index in [-0.39, 0.29) is 5.41 Å². The molecule has 0 heterocycles. The van der Waals surface area contributed by atoms with Gasteiger partial charge in [0.25, 0.3) is 0 Å². The van der Waals surface area contributed by atoms with Crippen molar-refractivity contribution in [1.29, 1.82) is 0 Å². The first-order valence-corrected chi connectivity index (χ1v) is 9.15. The van der Waals surface area contributed by atoms with Gasteiger partial charge in [-0.05, 0) is 54.5 Å². The van der Waals surface area contributed by atoms with Gasteiger partial charge in [-0.25, -0.2) is 0 Å². The van der Waals surface area contributed by atoms with Crippen LogP contribution in [-0.4, -0.2) is 5.33 Å². The molecular formula is C18H17BrCl2. The van der Waals surface area contributed by atoms with Crippen LogP contribution >= 0.6 is 39.1 Å². The quantitative estimate of drug-likeness (QED) is 0.535. The summed E-state index contributed by atoms with van der Waals surface area (Å²) in [6.45, 7) is 0. The standard InChI is InChI=1S/C18H17BrCl2/c19-11-3-9-18(14-6-7-16(20)17(21)12-14)10-8-13-4-1-2-5-15(13)18/h1-2,4-7,12H,3,8-11H2. The van der Waals surface area contributed by atoms with Crippen molar-refractivity contribution >= 4 is 39.1 Å². The molecule has 2 aromatic carbocycles. The number of hydrogen-bond acceptors (Lipinski definition) is 0. The SMILES string of the molecule is Clc1ccc(C2(CCCBr)CCc3ccccc32)cc1Cl. The monoisotopic (exact) mass is 382 g/mol. The molecule has 0 radical (unpaired) electrons. The van der Waals surface area contributed by atoms with Crippen LogP contribution in [0.5, 0.6) is 0 Å². The van der Waals surface area contributed by atoms with E-state index in [1.54, 1.807) is 0 Å². The summed E-state index contributed by atoms with van der Waals surface area (Å²) in [7, 11) is 0. The van der Waals surface area contributed by atoms with Crippen molar-refractivity contribution in [1.82, 2.24) is 0 Å². The first-order valence-electron chi connectivity index (χ1n) is 7.27. The molecule has 1 atom stereocenters. The zero-order valence-corrected chi connectivity index (χ0v) is 14.8. The highest BCUT2D eigenvalue weighted by Gasteiger charge is 2.39. The number of halogens is 3. The van der Waals surface area contributed by atoms with Crippen molar-refractivity contribution in [2.24, 2.45) is 0 Å². The molecule has 0 amide bonds. The van der Waals surface area contributed by atoms with Gasteiger partial charge >= 0.3 is 0 Å². The van der Waals surface area contributed by atoms with Gasteiger partial charge in [0.1, 0.15) is 0 Å². The Morgan fingerprint density at radius 3 is 2.62 bits per heavy atom. The summed E-state index contributed by atoms with van der Waals surface area (Å²) in [5, 5.41) is 2.30. The zero-order chi connectivity index (χ0) is 14.9. The van der Waals surface area contributed by atoms with Crippen LogP contribution in [0.3, 0.4) is 0 Å². The van der Waals surface area contributed by atoms with Gasteiger partial charge in [-0.15, -0.1) is 0 Å². The molecular weight excluding hydrogens is 367 g/mol. The van der Waals surface area contributed by atoms with Gasteiger partial charge < -0.3 is 0 Å². The van der Waals surface area contributed by atoms with Gasteiger partial charge in [-0.1, -0.05) is 69.5 Å². The van der Waals surface area contributed by atoms with Crippen LogP contribution in [0.4, 0.5) is 0 Å². The summed E-state index contributed by atoms with van der Waals surface area (Å²) in [5.74, 6) is 0. The van der Waals surface area contributed by atoms with E-state index in [4.69, 9.17) is 23.2 Å². The van der Waals surface area contributed by atoms with Crippen LogP contribution in [0.25, 0.3) is 0 Å². The smallest absolute Gasteiger partial charge is 0.0595 e. The van der Waals surface area contributed by atoms with Crippen molar-refractivity contribution in [2.45, 2.75) is 31.1 Å². The van der Waals surface area contributed by atoms with E-state index in [9.17, 15) is 0 Å². The van der Waals surface area contributed by atoms with Gasteiger partial charge in [0.2, 0.25) is 0 Å². The lowest BCUT2D eigenvalue weighted by Gasteiger charge is -2.31. The van der Waals surface area contributed by atoms with Crippen LogP contribution < -0.4 is 0 Å². The third-order valence-corrected chi connectivity index (χ3v) is 5.86. The first-order chi connectivity index (χ1) is 10.2. The molecule has 0 saturated heterocycles. The molecule has 0 bridgehead atoms. The molecule has 2 aromatic rings. The Labute approximate surface area is 144 Å². The molecule has 110 valence electrons. The van der Waals surface area contributed by atoms with Crippen LogP contribution in [0.1, 0.15) is 36.0 Å². The topological polar surface area (TPSA) is 0 Å². The number of alkyl halides is 1. The average molecular weight is 384 g/mol. The van der Waals surface area contributed by atoms with Crippen LogP contribution in [-0.2, 0) is 11.8 Å². The van der Waals surface area contributed by atoms with E-state index in [1.807, 2.05) is 6.07 Å². The van der Waals surface area contributed by atoms with Crippen LogP contribution in [0, 0.1) is 0 Å². The molecule has 0 nitrogen and oxygen atoms in total. The molecule has 1 aliphatic rings. The molecule has 0 spiro atoms. The van der Waals surface area contributed by atoms with E-state index in [0.717, 1.165) is 31.0 Å². The van der Waals surface area contributed by atoms with Crippen molar-refractivity contribution < 1.29 is 0 Å². The summed E-state index contributed by atoms with van der Waals surface area (Å²) in [4.78, 5) is 0. The average Bonchev–Trinajstić information content (AvgIpc) is 2.88. The van der Waals surface area contributed by atoms with Crippen molar-refractivity contribution in [3.63, 3.8) is 0 Å². The minimum Gasteiger partial charge on any atom is -0.0928 e. The van der Waals surface area contributed by atoms with Crippen LogP contribution in [0.15, 0.2) is 42.5 Å². The van der Waals surface area contributed by atoms with Gasteiger partial charge in [-0.2, -0.15) is 0 Å². The number of benzene rings is 2. The number of hydrogen-bond donors (Lipinski definition) is 0. The Bertz CT molecular complexity index is 653. The number of fused-ring (bicyclic) bond motifs is 1. The van der Waals surface area contributed by atoms with Crippen LogP contribution in [0.2, 0.25) is 10.0 Å². The first kappa shape index (κ1) is 15.4. The largest absolute Gasteiger partial charge is 0.0928 e. The predicted molar refractivity (Wildman–Crippen MR) is 95.0 cm³/mol. The lowest BCUT2D eigenvalue weighted by Crippen LogP contribution is -2.25. The summed E-state index contributed by atoms with van der Waals surface area (Å²) < 4.78 is 0. The fraction of sp³-hybridized carbons (Fsp3) is 0.333. The molecule has 3 rings (SSSR count). The third-order valence-electron chi connectivity index (χ3n) is 4.56.